The molecule has 1 saturated heterocycles. The van der Waals surface area contributed by atoms with E-state index in [1.807, 2.05) is 0 Å². The van der Waals surface area contributed by atoms with E-state index >= 15 is 0 Å². The van der Waals surface area contributed by atoms with Crippen LogP contribution in [-0.2, 0) is 10.8 Å². The maximum Gasteiger partial charge on any atom is 0.421 e. The molecule has 1 aliphatic rings. The van der Waals surface area contributed by atoms with E-state index in [0.717, 1.165) is 32.0 Å². The Hall–Kier alpha value is -1.32. The molecule has 0 radical (unpaired) electrons. The van der Waals surface area contributed by atoms with Gasteiger partial charge in [-0.1, -0.05) is 0 Å². The van der Waals surface area contributed by atoms with Crippen LogP contribution < -0.4 is 15.5 Å². The Labute approximate surface area is 165 Å². The zero-order valence-electron chi connectivity index (χ0n) is 17.0. The number of aliphatic hydroxyl groups is 1. The van der Waals surface area contributed by atoms with Crippen LogP contribution in [0.2, 0.25) is 0 Å². The number of rotatable bonds is 8. The lowest BCUT2D eigenvalue weighted by Gasteiger charge is -2.37. The van der Waals surface area contributed by atoms with Crippen molar-refractivity contribution < 1.29 is 27.7 Å². The number of alkyl halides is 3. The summed E-state index contributed by atoms with van der Waals surface area (Å²) in [5.74, 6) is 0.0688. The number of hydrogen-bond acceptors (Lipinski definition) is 5. The van der Waals surface area contributed by atoms with Crippen LogP contribution in [0, 0.1) is 5.92 Å². The van der Waals surface area contributed by atoms with Crippen molar-refractivity contribution >= 4 is 12.9 Å². The number of ether oxygens (including phenoxy) is 1. The van der Waals surface area contributed by atoms with Gasteiger partial charge in [0.2, 0.25) is 5.88 Å². The summed E-state index contributed by atoms with van der Waals surface area (Å²) in [7, 11) is -0.0948. The fourth-order valence-corrected chi connectivity index (χ4v) is 2.83. The first-order valence-corrected chi connectivity index (χ1v) is 9.66. The first-order chi connectivity index (χ1) is 12.9. The van der Waals surface area contributed by atoms with E-state index in [2.05, 4.69) is 10.3 Å². The van der Waals surface area contributed by atoms with Crippen LogP contribution >= 0.6 is 0 Å². The van der Waals surface area contributed by atoms with Crippen molar-refractivity contribution in [3.05, 3.63) is 17.8 Å². The quantitative estimate of drug-likeness (QED) is 0.654. The van der Waals surface area contributed by atoms with Gasteiger partial charge < -0.3 is 19.8 Å². The van der Waals surface area contributed by atoms with Crippen LogP contribution in [-0.4, -0.2) is 48.5 Å². The third kappa shape index (κ3) is 6.35. The summed E-state index contributed by atoms with van der Waals surface area (Å²) in [6.07, 6.45) is -0.508. The number of hydrogen-bond donors (Lipinski definition) is 2. The molecule has 0 aliphatic carbocycles. The molecule has 0 unspecified atom stereocenters. The Morgan fingerprint density at radius 2 is 1.86 bits per heavy atom. The van der Waals surface area contributed by atoms with E-state index in [0.29, 0.717) is 12.3 Å². The molecular formula is C19H30BF3N2O3. The second kappa shape index (κ2) is 9.01. The van der Waals surface area contributed by atoms with Gasteiger partial charge in [-0.15, -0.1) is 0 Å². The van der Waals surface area contributed by atoms with E-state index in [1.165, 1.54) is 6.20 Å². The standard InChI is InChI=1S/C19H30BF3N2O3/c1-17(2,26)18(3,4)28-20-14-11-15(19(21,22)23)16(25-12-14)27-10-7-13-5-8-24-9-6-13/h11-13,20,24,26H,5-10H2,1-4H3. The molecule has 0 bridgehead atoms. The number of pyridine rings is 1. The van der Waals surface area contributed by atoms with Gasteiger partial charge in [-0.05, 0) is 77.5 Å². The summed E-state index contributed by atoms with van der Waals surface area (Å²) < 4.78 is 51.4. The molecule has 0 atom stereocenters. The van der Waals surface area contributed by atoms with Crippen molar-refractivity contribution in [1.29, 1.82) is 0 Å². The number of nitrogens with one attached hydrogen (secondary N) is 1. The van der Waals surface area contributed by atoms with Crippen molar-refractivity contribution in [2.24, 2.45) is 5.92 Å². The molecule has 0 amide bonds. The van der Waals surface area contributed by atoms with E-state index in [4.69, 9.17) is 9.39 Å². The molecule has 5 nitrogen and oxygen atoms in total. The molecule has 158 valence electrons. The Morgan fingerprint density at radius 1 is 1.21 bits per heavy atom. The van der Waals surface area contributed by atoms with Gasteiger partial charge in [0.1, 0.15) is 5.56 Å². The monoisotopic (exact) mass is 402 g/mol. The molecule has 2 rings (SSSR count). The minimum Gasteiger partial charge on any atom is -0.477 e. The fourth-order valence-electron chi connectivity index (χ4n) is 2.83. The third-order valence-corrected chi connectivity index (χ3v) is 5.51. The maximum absolute atomic E-state index is 13.5. The average molecular weight is 402 g/mol. The van der Waals surface area contributed by atoms with Crippen LogP contribution in [0.1, 0.15) is 52.5 Å². The molecular weight excluding hydrogens is 372 g/mol. The van der Waals surface area contributed by atoms with Gasteiger partial charge in [-0.25, -0.2) is 4.98 Å². The van der Waals surface area contributed by atoms with E-state index in [1.54, 1.807) is 27.7 Å². The second-order valence-corrected chi connectivity index (χ2v) is 8.38. The number of nitrogens with zero attached hydrogens (tertiary/aromatic N) is 1. The molecule has 9 heteroatoms. The van der Waals surface area contributed by atoms with Gasteiger partial charge in [0.15, 0.2) is 0 Å². The molecule has 0 spiro atoms. The maximum atomic E-state index is 13.5. The summed E-state index contributed by atoms with van der Waals surface area (Å²) in [4.78, 5) is 3.89. The molecule has 2 heterocycles. The predicted molar refractivity (Wildman–Crippen MR) is 103 cm³/mol. The van der Waals surface area contributed by atoms with Crippen molar-refractivity contribution in [2.45, 2.75) is 64.3 Å². The third-order valence-electron chi connectivity index (χ3n) is 5.51. The van der Waals surface area contributed by atoms with Crippen LogP contribution in [0.3, 0.4) is 0 Å². The number of piperidine rings is 1. The van der Waals surface area contributed by atoms with Crippen LogP contribution in [0.25, 0.3) is 0 Å². The zero-order chi connectivity index (χ0) is 21.0. The molecule has 28 heavy (non-hydrogen) atoms. The van der Waals surface area contributed by atoms with Gasteiger partial charge in [0.25, 0.3) is 0 Å². The lowest BCUT2D eigenvalue weighted by Crippen LogP contribution is -2.49. The summed E-state index contributed by atoms with van der Waals surface area (Å²) in [6.45, 7) is 8.63. The lowest BCUT2D eigenvalue weighted by molar-refractivity contribution is -0.139. The van der Waals surface area contributed by atoms with Crippen molar-refractivity contribution in [1.82, 2.24) is 10.3 Å². The van der Waals surface area contributed by atoms with Gasteiger partial charge in [-0.3, -0.25) is 0 Å². The Morgan fingerprint density at radius 3 is 2.43 bits per heavy atom. The lowest BCUT2D eigenvalue weighted by atomic mass is 9.83. The van der Waals surface area contributed by atoms with Crippen LogP contribution in [0.5, 0.6) is 5.88 Å². The Balaban J connectivity index is 2.04. The van der Waals surface area contributed by atoms with Crippen LogP contribution in [0.4, 0.5) is 13.2 Å². The molecule has 1 fully saturated rings. The first-order valence-electron chi connectivity index (χ1n) is 9.66. The van der Waals surface area contributed by atoms with Gasteiger partial charge >= 0.3 is 13.7 Å². The SMILES string of the molecule is CC(C)(O)C(C)(C)OBc1cnc(OCCC2CCNCC2)c(C(F)(F)F)c1. The van der Waals surface area contributed by atoms with E-state index < -0.39 is 28.8 Å². The van der Waals surface area contributed by atoms with Crippen molar-refractivity contribution in [2.75, 3.05) is 19.7 Å². The van der Waals surface area contributed by atoms with Gasteiger partial charge in [-0.2, -0.15) is 13.2 Å². The Kier molecular flexibility index (Phi) is 7.39. The average Bonchev–Trinajstić information content (AvgIpc) is 2.60. The highest BCUT2D eigenvalue weighted by Crippen LogP contribution is 2.34. The highest BCUT2D eigenvalue weighted by atomic mass is 19.4. The molecule has 0 aromatic carbocycles. The second-order valence-electron chi connectivity index (χ2n) is 8.38. The van der Waals surface area contributed by atoms with Gasteiger partial charge in [0.05, 0.1) is 17.8 Å². The zero-order valence-corrected chi connectivity index (χ0v) is 17.0. The normalized spacial score (nSPS) is 16.9. The minimum absolute atomic E-state index is 0.0948. The first kappa shape index (κ1) is 23.0. The largest absolute Gasteiger partial charge is 0.477 e. The molecule has 1 aromatic heterocycles. The molecule has 0 saturated carbocycles. The highest BCUT2D eigenvalue weighted by Gasteiger charge is 2.38. The topological polar surface area (TPSA) is 63.6 Å². The van der Waals surface area contributed by atoms with Crippen molar-refractivity contribution in [3.63, 3.8) is 0 Å². The molecule has 2 N–H and O–H groups in total. The van der Waals surface area contributed by atoms with Crippen molar-refractivity contribution in [3.8, 4) is 5.88 Å². The smallest absolute Gasteiger partial charge is 0.421 e. The van der Waals surface area contributed by atoms with Gasteiger partial charge in [0, 0.05) is 6.20 Å². The summed E-state index contributed by atoms with van der Waals surface area (Å²) in [6, 6.07) is 1.01. The Bertz CT molecular complexity index is 642. The summed E-state index contributed by atoms with van der Waals surface area (Å²) in [5.41, 5.74) is -2.71. The van der Waals surface area contributed by atoms with Crippen LogP contribution in [0.15, 0.2) is 12.3 Å². The predicted octanol–water partition coefficient (Wildman–Crippen LogP) is 2.41. The summed E-state index contributed by atoms with van der Waals surface area (Å²) >= 11 is 0. The molecule has 1 aromatic rings. The van der Waals surface area contributed by atoms with E-state index in [9.17, 15) is 18.3 Å². The number of aromatic nitrogens is 1. The molecule has 1 aliphatic heterocycles. The van der Waals surface area contributed by atoms with E-state index in [-0.39, 0.29) is 19.6 Å². The number of halogens is 3. The highest BCUT2D eigenvalue weighted by molar-refractivity contribution is 6.47. The summed E-state index contributed by atoms with van der Waals surface area (Å²) in [5, 5.41) is 13.4. The minimum atomic E-state index is -4.57. The fraction of sp³-hybridized carbons (Fsp3) is 0.737.